The molecule has 0 spiro atoms. The fourth-order valence-corrected chi connectivity index (χ4v) is 9.63. The lowest BCUT2D eigenvalue weighted by Crippen LogP contribution is -2.10. The zero-order valence-electron chi connectivity index (χ0n) is 32.9. The van der Waals surface area contributed by atoms with Gasteiger partial charge in [0.1, 0.15) is 0 Å². The van der Waals surface area contributed by atoms with Gasteiger partial charge in [-0.2, -0.15) is 0 Å². The average Bonchev–Trinajstić information content (AvgIpc) is 3.70. The molecule has 2 heteroatoms. The van der Waals surface area contributed by atoms with Gasteiger partial charge in [-0.3, -0.25) is 0 Å². The van der Waals surface area contributed by atoms with E-state index in [9.17, 15) is 0 Å². The molecule has 0 aliphatic carbocycles. The Balaban J connectivity index is 0.999. The van der Waals surface area contributed by atoms with Gasteiger partial charge in [-0.1, -0.05) is 158 Å². The van der Waals surface area contributed by atoms with Crippen LogP contribution in [0.25, 0.3) is 86.6 Å². The molecule has 11 aromatic rings. The Morgan fingerprint density at radius 2 is 0.700 bits per heavy atom. The van der Waals surface area contributed by atoms with Gasteiger partial charge in [-0.05, 0) is 145 Å². The number of hydrogen-bond donors (Lipinski definition) is 0. The zero-order chi connectivity index (χ0) is 39.8. The lowest BCUT2D eigenvalue weighted by molar-refractivity contribution is 1.28. The van der Waals surface area contributed by atoms with Gasteiger partial charge in [0.15, 0.2) is 0 Å². The monoisotopic (exact) mass is 781 g/mol. The second-order valence-corrected chi connectivity index (χ2v) is 16.5. The van der Waals surface area contributed by atoms with Crippen molar-refractivity contribution in [2.75, 3.05) is 4.90 Å². The third-order valence-corrected chi connectivity index (χ3v) is 12.8. The van der Waals surface area contributed by atoms with Crippen LogP contribution in [0.15, 0.2) is 237 Å². The van der Waals surface area contributed by atoms with Crippen LogP contribution in [0, 0.1) is 0 Å². The zero-order valence-corrected chi connectivity index (χ0v) is 33.7. The molecule has 11 rings (SSSR count). The van der Waals surface area contributed by atoms with Crippen LogP contribution in [0.3, 0.4) is 0 Å². The van der Waals surface area contributed by atoms with Crippen LogP contribution in [0.5, 0.6) is 0 Å². The summed E-state index contributed by atoms with van der Waals surface area (Å²) in [5.74, 6) is 0. The normalized spacial score (nSPS) is 11.3. The van der Waals surface area contributed by atoms with E-state index in [4.69, 9.17) is 0 Å². The van der Waals surface area contributed by atoms with Crippen molar-refractivity contribution in [3.05, 3.63) is 237 Å². The molecule has 0 saturated carbocycles. The van der Waals surface area contributed by atoms with Gasteiger partial charge in [0, 0.05) is 37.2 Å². The second-order valence-electron chi connectivity index (χ2n) is 15.4. The Morgan fingerprint density at radius 1 is 0.233 bits per heavy atom. The summed E-state index contributed by atoms with van der Waals surface area (Å²) in [7, 11) is 0. The lowest BCUT2D eigenvalue weighted by Gasteiger charge is -2.26. The highest BCUT2D eigenvalue weighted by molar-refractivity contribution is 7.25. The Hall–Kier alpha value is -7.52. The number of fused-ring (bicyclic) bond motifs is 4. The third kappa shape index (κ3) is 6.83. The van der Waals surface area contributed by atoms with E-state index in [-0.39, 0.29) is 0 Å². The lowest BCUT2D eigenvalue weighted by atomic mass is 9.93. The molecule has 0 saturated heterocycles. The van der Waals surface area contributed by atoms with Crippen molar-refractivity contribution in [2.24, 2.45) is 0 Å². The standard InChI is InChI=1S/C58H39NS/c1-3-12-40(13-4-1)49-35-50(41-14-5-2-6-15-41)37-51(36-49)44-26-31-53(32-27-44)59(54-19-11-18-46(38-54)47-23-22-42-16-7-8-17-45(42)34-47)52-29-24-43(25-30-52)48-28-33-58-56(39-48)55-20-9-10-21-57(55)60-58/h1-39H. The highest BCUT2D eigenvalue weighted by atomic mass is 32.1. The molecule has 0 N–H and O–H groups in total. The van der Waals surface area contributed by atoms with Crippen LogP contribution in [0.1, 0.15) is 0 Å². The van der Waals surface area contributed by atoms with Crippen LogP contribution in [0.4, 0.5) is 17.1 Å². The van der Waals surface area contributed by atoms with Gasteiger partial charge in [0.05, 0.1) is 0 Å². The molecule has 0 aliphatic heterocycles. The van der Waals surface area contributed by atoms with Gasteiger partial charge in [-0.25, -0.2) is 0 Å². The number of rotatable bonds is 8. The topological polar surface area (TPSA) is 3.24 Å². The Kier molecular flexibility index (Phi) is 9.11. The van der Waals surface area contributed by atoms with E-state index in [1.54, 1.807) is 0 Å². The van der Waals surface area contributed by atoms with Crippen LogP contribution >= 0.6 is 11.3 Å². The van der Waals surface area contributed by atoms with Crippen LogP contribution in [-0.4, -0.2) is 0 Å². The number of hydrogen-bond acceptors (Lipinski definition) is 2. The number of nitrogens with zero attached hydrogens (tertiary/aromatic N) is 1. The van der Waals surface area contributed by atoms with Gasteiger partial charge >= 0.3 is 0 Å². The maximum absolute atomic E-state index is 2.38. The summed E-state index contributed by atoms with van der Waals surface area (Å²) in [6.45, 7) is 0. The summed E-state index contributed by atoms with van der Waals surface area (Å²) in [6, 6.07) is 86.2. The molecule has 0 atom stereocenters. The molecule has 0 unspecified atom stereocenters. The molecular weight excluding hydrogens is 743 g/mol. The SMILES string of the molecule is c1ccc(-c2cc(-c3ccccc3)cc(-c3ccc(N(c4ccc(-c5ccc6sc7ccccc7c6c5)cc4)c4cccc(-c5ccc6ccccc6c5)c4)cc3)c2)cc1. The van der Waals surface area contributed by atoms with Crippen molar-refractivity contribution in [2.45, 2.75) is 0 Å². The molecule has 60 heavy (non-hydrogen) atoms. The molecule has 0 fully saturated rings. The molecular formula is C58H39NS. The van der Waals surface area contributed by atoms with Crippen LogP contribution in [-0.2, 0) is 0 Å². The predicted molar refractivity (Wildman–Crippen MR) is 259 cm³/mol. The maximum Gasteiger partial charge on any atom is 0.0467 e. The van der Waals surface area contributed by atoms with Gasteiger partial charge in [0.25, 0.3) is 0 Å². The van der Waals surface area contributed by atoms with Gasteiger partial charge < -0.3 is 4.90 Å². The smallest absolute Gasteiger partial charge is 0.0467 e. The molecule has 0 radical (unpaired) electrons. The van der Waals surface area contributed by atoms with E-state index >= 15 is 0 Å². The van der Waals surface area contributed by atoms with Crippen molar-refractivity contribution in [3.63, 3.8) is 0 Å². The molecule has 282 valence electrons. The largest absolute Gasteiger partial charge is 0.310 e. The molecule has 1 nitrogen and oxygen atoms in total. The minimum Gasteiger partial charge on any atom is -0.310 e. The van der Waals surface area contributed by atoms with E-state index in [1.165, 1.54) is 86.6 Å². The number of anilines is 3. The summed E-state index contributed by atoms with van der Waals surface area (Å²) < 4.78 is 2.65. The quantitative estimate of drug-likeness (QED) is 0.148. The molecule has 0 aliphatic rings. The van der Waals surface area contributed by atoms with E-state index in [1.807, 2.05) is 11.3 Å². The first-order chi connectivity index (χ1) is 29.7. The first-order valence-electron chi connectivity index (χ1n) is 20.5. The highest BCUT2D eigenvalue weighted by Crippen LogP contribution is 2.41. The van der Waals surface area contributed by atoms with E-state index in [2.05, 4.69) is 241 Å². The summed E-state index contributed by atoms with van der Waals surface area (Å²) in [5.41, 5.74) is 15.3. The predicted octanol–water partition coefficient (Wildman–Crippen LogP) is 17.0. The summed E-state index contributed by atoms with van der Waals surface area (Å²) in [5, 5.41) is 5.12. The molecule has 1 aromatic heterocycles. The molecule has 10 aromatic carbocycles. The van der Waals surface area contributed by atoms with Crippen molar-refractivity contribution in [1.82, 2.24) is 0 Å². The maximum atomic E-state index is 2.38. The minimum absolute atomic E-state index is 1.09. The average molecular weight is 782 g/mol. The Labute approximate surface area is 354 Å². The van der Waals surface area contributed by atoms with E-state index < -0.39 is 0 Å². The highest BCUT2D eigenvalue weighted by Gasteiger charge is 2.16. The first-order valence-corrected chi connectivity index (χ1v) is 21.3. The van der Waals surface area contributed by atoms with Crippen LogP contribution < -0.4 is 4.90 Å². The summed E-state index contributed by atoms with van der Waals surface area (Å²) >= 11 is 1.86. The second kappa shape index (κ2) is 15.3. The number of thiophene rings is 1. The molecule has 0 bridgehead atoms. The van der Waals surface area contributed by atoms with Crippen molar-refractivity contribution in [3.8, 4) is 55.6 Å². The Bertz CT molecular complexity index is 3230. The first kappa shape index (κ1) is 35.6. The summed E-state index contributed by atoms with van der Waals surface area (Å²) in [4.78, 5) is 2.38. The molecule has 0 amide bonds. The van der Waals surface area contributed by atoms with Crippen molar-refractivity contribution >= 4 is 59.3 Å². The third-order valence-electron chi connectivity index (χ3n) is 11.6. The fourth-order valence-electron chi connectivity index (χ4n) is 8.54. The van der Waals surface area contributed by atoms with Crippen molar-refractivity contribution < 1.29 is 0 Å². The van der Waals surface area contributed by atoms with E-state index in [0.29, 0.717) is 0 Å². The number of benzene rings is 10. The minimum atomic E-state index is 1.09. The molecule has 1 heterocycles. The summed E-state index contributed by atoms with van der Waals surface area (Å²) in [6.07, 6.45) is 0. The fraction of sp³-hybridized carbons (Fsp3) is 0. The van der Waals surface area contributed by atoms with Crippen LogP contribution in [0.2, 0.25) is 0 Å². The van der Waals surface area contributed by atoms with Gasteiger partial charge in [-0.15, -0.1) is 11.3 Å². The van der Waals surface area contributed by atoms with Gasteiger partial charge in [0.2, 0.25) is 0 Å². The van der Waals surface area contributed by atoms with Crippen molar-refractivity contribution in [1.29, 1.82) is 0 Å². The Morgan fingerprint density at radius 3 is 1.37 bits per heavy atom. The van der Waals surface area contributed by atoms with E-state index in [0.717, 1.165) is 17.1 Å².